The van der Waals surface area contributed by atoms with Gasteiger partial charge in [-0.25, -0.2) is 0 Å². The predicted octanol–water partition coefficient (Wildman–Crippen LogP) is 17.9. The summed E-state index contributed by atoms with van der Waals surface area (Å²) in [6, 6.07) is 90.2. The van der Waals surface area contributed by atoms with Gasteiger partial charge >= 0.3 is 0 Å². The first-order valence-corrected chi connectivity index (χ1v) is 22.2. The number of rotatable bonds is 6. The van der Waals surface area contributed by atoms with Crippen molar-refractivity contribution in [3.05, 3.63) is 243 Å². The van der Waals surface area contributed by atoms with Gasteiger partial charge in [-0.3, -0.25) is 0 Å². The lowest BCUT2D eigenvalue weighted by atomic mass is 9.78. The van der Waals surface area contributed by atoms with Crippen molar-refractivity contribution < 1.29 is 0 Å². The summed E-state index contributed by atoms with van der Waals surface area (Å²) in [5.41, 5.74) is 19.8. The molecule has 0 radical (unpaired) electrons. The van der Waals surface area contributed by atoms with Crippen LogP contribution in [0.15, 0.2) is 243 Å². The van der Waals surface area contributed by atoms with Crippen molar-refractivity contribution in [1.82, 2.24) is 0 Å². The van der Waals surface area contributed by atoms with Gasteiger partial charge in [-0.05, 0) is 162 Å². The van der Waals surface area contributed by atoms with Gasteiger partial charge in [-0.15, -0.1) is 0 Å². The largest absolute Gasteiger partial charge is 0.0622 e. The Labute approximate surface area is 373 Å². The molecule has 0 nitrogen and oxygen atoms in total. The summed E-state index contributed by atoms with van der Waals surface area (Å²) in [4.78, 5) is 0. The number of fused-ring (bicyclic) bond motifs is 7. The molecule has 0 atom stereocenters. The van der Waals surface area contributed by atoms with E-state index in [0.717, 1.165) is 0 Å². The molecule has 12 aromatic rings. The molecule has 1 aliphatic carbocycles. The molecule has 0 aromatic heterocycles. The molecule has 0 heteroatoms. The number of hydrogen-bond acceptors (Lipinski definition) is 0. The van der Waals surface area contributed by atoms with Gasteiger partial charge in [0.2, 0.25) is 0 Å². The molecule has 0 heterocycles. The lowest BCUT2D eigenvalue weighted by molar-refractivity contribution is 1.56. The molecule has 0 saturated heterocycles. The van der Waals surface area contributed by atoms with E-state index in [4.69, 9.17) is 0 Å². The average molecular weight is 809 g/mol. The molecule has 0 N–H and O–H groups in total. The number of benzene rings is 12. The van der Waals surface area contributed by atoms with Crippen molar-refractivity contribution in [3.63, 3.8) is 0 Å². The maximum absolute atomic E-state index is 2.48. The van der Waals surface area contributed by atoms with Gasteiger partial charge in [0.1, 0.15) is 0 Å². The minimum Gasteiger partial charge on any atom is -0.0622 e. The summed E-state index contributed by atoms with van der Waals surface area (Å²) in [6.45, 7) is 0. The van der Waals surface area contributed by atoms with Crippen molar-refractivity contribution in [1.29, 1.82) is 0 Å². The summed E-state index contributed by atoms with van der Waals surface area (Å²) >= 11 is 0. The third-order valence-electron chi connectivity index (χ3n) is 13.6. The zero-order valence-electron chi connectivity index (χ0n) is 35.1. The fraction of sp³-hybridized carbons (Fsp3) is 0. The van der Waals surface area contributed by atoms with Crippen LogP contribution in [0.1, 0.15) is 0 Å². The zero-order valence-corrected chi connectivity index (χ0v) is 35.1. The SMILES string of the molecule is c1ccc(-c2ccc(-c3ccccc3)c(-c3c4c(c(-c5cc(-c6ccccc6)ccc5-c5ccccc5)c5cc6ccccc6cc35)-c3cc5ccccc5c5cccc-4c35)c2)cc1. The second-order valence-electron chi connectivity index (χ2n) is 17.1. The Balaban J connectivity index is 1.28. The van der Waals surface area contributed by atoms with Crippen LogP contribution >= 0.6 is 0 Å². The molecular weight excluding hydrogens is 769 g/mol. The van der Waals surface area contributed by atoms with Crippen LogP contribution in [0.3, 0.4) is 0 Å². The van der Waals surface area contributed by atoms with Crippen LogP contribution in [-0.2, 0) is 0 Å². The Morgan fingerprint density at radius 2 is 0.594 bits per heavy atom. The van der Waals surface area contributed by atoms with Crippen LogP contribution in [0.5, 0.6) is 0 Å². The number of hydrogen-bond donors (Lipinski definition) is 0. The summed E-state index contributed by atoms with van der Waals surface area (Å²) in [5.74, 6) is 0. The summed E-state index contributed by atoms with van der Waals surface area (Å²) in [6.07, 6.45) is 0. The lowest BCUT2D eigenvalue weighted by Gasteiger charge is -2.25. The second kappa shape index (κ2) is 14.7. The highest BCUT2D eigenvalue weighted by Gasteiger charge is 2.33. The maximum Gasteiger partial charge on any atom is -0.000696 e. The van der Waals surface area contributed by atoms with Crippen molar-refractivity contribution in [2.24, 2.45) is 0 Å². The molecule has 13 rings (SSSR count). The molecule has 0 saturated carbocycles. The molecule has 0 amide bonds. The third kappa shape index (κ3) is 5.70. The highest BCUT2D eigenvalue weighted by Crippen LogP contribution is 2.61. The fourth-order valence-electron chi connectivity index (χ4n) is 10.7. The van der Waals surface area contributed by atoms with Crippen molar-refractivity contribution >= 4 is 43.1 Å². The Morgan fingerprint density at radius 1 is 0.172 bits per heavy atom. The average Bonchev–Trinajstić information content (AvgIpc) is 3.69. The molecule has 0 fully saturated rings. The van der Waals surface area contributed by atoms with E-state index in [1.807, 2.05) is 0 Å². The Kier molecular flexibility index (Phi) is 8.32. The Morgan fingerprint density at radius 3 is 1.11 bits per heavy atom. The van der Waals surface area contributed by atoms with Crippen LogP contribution in [0.4, 0.5) is 0 Å². The highest BCUT2D eigenvalue weighted by atomic mass is 14.4. The second-order valence-corrected chi connectivity index (χ2v) is 17.1. The van der Waals surface area contributed by atoms with Crippen LogP contribution < -0.4 is 0 Å². The van der Waals surface area contributed by atoms with Crippen LogP contribution in [-0.4, -0.2) is 0 Å². The van der Waals surface area contributed by atoms with Gasteiger partial charge < -0.3 is 0 Å². The van der Waals surface area contributed by atoms with E-state index < -0.39 is 0 Å². The molecule has 0 bridgehead atoms. The van der Waals surface area contributed by atoms with E-state index in [2.05, 4.69) is 243 Å². The van der Waals surface area contributed by atoms with Gasteiger partial charge in [0.25, 0.3) is 0 Å². The first-order valence-electron chi connectivity index (χ1n) is 22.2. The van der Waals surface area contributed by atoms with Crippen LogP contribution in [0.25, 0.3) is 132 Å². The molecule has 1 aliphatic rings. The van der Waals surface area contributed by atoms with E-state index in [-0.39, 0.29) is 0 Å². The van der Waals surface area contributed by atoms with Crippen molar-refractivity contribution in [2.45, 2.75) is 0 Å². The molecule has 0 aliphatic heterocycles. The summed E-state index contributed by atoms with van der Waals surface area (Å²) in [7, 11) is 0. The van der Waals surface area contributed by atoms with E-state index in [1.54, 1.807) is 0 Å². The molecule has 12 aromatic carbocycles. The van der Waals surface area contributed by atoms with Gasteiger partial charge in [-0.1, -0.05) is 212 Å². The maximum atomic E-state index is 2.48. The third-order valence-corrected chi connectivity index (χ3v) is 13.6. The molecule has 0 unspecified atom stereocenters. The highest BCUT2D eigenvalue weighted by molar-refractivity contribution is 6.32. The molecule has 0 spiro atoms. The Hall–Kier alpha value is -8.32. The first kappa shape index (κ1) is 36.3. The van der Waals surface area contributed by atoms with Gasteiger partial charge in [-0.2, -0.15) is 0 Å². The first-order chi connectivity index (χ1) is 31.8. The summed E-state index contributed by atoms with van der Waals surface area (Å²) < 4.78 is 0. The van der Waals surface area contributed by atoms with Crippen LogP contribution in [0.2, 0.25) is 0 Å². The normalized spacial score (nSPS) is 11.8. The topological polar surface area (TPSA) is 0 Å². The van der Waals surface area contributed by atoms with Gasteiger partial charge in [0, 0.05) is 0 Å². The fourth-order valence-corrected chi connectivity index (χ4v) is 10.7. The van der Waals surface area contributed by atoms with Crippen LogP contribution in [0, 0.1) is 0 Å². The monoisotopic (exact) mass is 808 g/mol. The predicted molar refractivity (Wildman–Crippen MR) is 274 cm³/mol. The molecule has 296 valence electrons. The van der Waals surface area contributed by atoms with Gasteiger partial charge in [0.05, 0.1) is 0 Å². The lowest BCUT2D eigenvalue weighted by Crippen LogP contribution is -1.97. The van der Waals surface area contributed by atoms with E-state index in [9.17, 15) is 0 Å². The minimum absolute atomic E-state index is 1.20. The quantitative estimate of drug-likeness (QED) is 0.116. The van der Waals surface area contributed by atoms with Crippen molar-refractivity contribution in [2.75, 3.05) is 0 Å². The minimum atomic E-state index is 1.20. The van der Waals surface area contributed by atoms with Crippen molar-refractivity contribution in [3.8, 4) is 89.0 Å². The summed E-state index contributed by atoms with van der Waals surface area (Å²) in [5, 5.41) is 10.1. The Bertz CT molecular complexity index is 3790. The zero-order chi connectivity index (χ0) is 42.1. The van der Waals surface area contributed by atoms with E-state index in [1.165, 1.54) is 132 Å². The molecular formula is C64H40. The van der Waals surface area contributed by atoms with E-state index >= 15 is 0 Å². The molecule has 64 heavy (non-hydrogen) atoms. The van der Waals surface area contributed by atoms with E-state index in [0.29, 0.717) is 0 Å². The standard InChI is InChI=1S/C64H40/c1-5-18-41(19-6-1)47-32-34-51(43-22-9-3-10-23-43)55(38-47)61-57-36-45-26-13-14-27-46(45)37-58(57)62(56-39-48(42-20-7-2-8-21-42)33-35-52(56)44-24-11-4-12-25-44)64-59-40-49-28-15-16-29-50(49)53-30-17-31-54(60(53)59)63(61)64/h1-40H. The van der Waals surface area contributed by atoms with Gasteiger partial charge in [0.15, 0.2) is 0 Å². The smallest absolute Gasteiger partial charge is 0.000696 e.